The fraction of sp³-hybridized carbons (Fsp3) is 0.350. The number of benzene rings is 2. The molecule has 1 aliphatic rings. The van der Waals surface area contributed by atoms with Crippen LogP contribution < -0.4 is 20.3 Å². The van der Waals surface area contributed by atoms with Crippen LogP contribution in [0.1, 0.15) is 24.8 Å². The second-order valence-electron chi connectivity index (χ2n) is 6.22. The van der Waals surface area contributed by atoms with Crippen LogP contribution in [0.15, 0.2) is 48.5 Å². The molecule has 0 aromatic heterocycles. The van der Waals surface area contributed by atoms with Gasteiger partial charge in [0, 0.05) is 19.6 Å². The second kappa shape index (κ2) is 8.42. The lowest BCUT2D eigenvalue weighted by Crippen LogP contribution is -2.32. The van der Waals surface area contributed by atoms with Crippen molar-refractivity contribution in [2.75, 3.05) is 30.4 Å². The highest BCUT2D eigenvalue weighted by atomic mass is 16.5. The Morgan fingerprint density at radius 3 is 2.68 bits per heavy atom. The van der Waals surface area contributed by atoms with E-state index in [4.69, 9.17) is 4.74 Å². The Labute approximate surface area is 149 Å². The van der Waals surface area contributed by atoms with Crippen LogP contribution in [0, 0.1) is 0 Å². The van der Waals surface area contributed by atoms with Crippen molar-refractivity contribution in [1.29, 1.82) is 0 Å². The summed E-state index contributed by atoms with van der Waals surface area (Å²) in [5, 5.41) is 5.89. The fourth-order valence-corrected chi connectivity index (χ4v) is 3.12. The first kappa shape index (κ1) is 17.1. The number of urea groups is 1. The number of nitrogens with one attached hydrogen (secondary N) is 2. The van der Waals surface area contributed by atoms with Gasteiger partial charge in [0.15, 0.2) is 0 Å². The number of carbonyl (C=O) groups excluding carboxylic acids is 1. The first-order chi connectivity index (χ1) is 12.3. The van der Waals surface area contributed by atoms with Crippen molar-refractivity contribution in [3.8, 4) is 5.75 Å². The lowest BCUT2D eigenvalue weighted by molar-refractivity contribution is 0.251. The van der Waals surface area contributed by atoms with Gasteiger partial charge in [0.25, 0.3) is 0 Å². The first-order valence-corrected chi connectivity index (χ1v) is 8.78. The molecule has 0 radical (unpaired) electrons. The lowest BCUT2D eigenvalue weighted by Gasteiger charge is -2.30. The molecule has 1 heterocycles. The van der Waals surface area contributed by atoms with Gasteiger partial charge in [0.2, 0.25) is 0 Å². The molecular weight excluding hydrogens is 314 g/mol. The topological polar surface area (TPSA) is 53.6 Å². The molecule has 2 aromatic carbocycles. The molecule has 3 rings (SSSR count). The zero-order valence-corrected chi connectivity index (χ0v) is 14.6. The number of amides is 2. The molecule has 2 aromatic rings. The Morgan fingerprint density at radius 1 is 1.08 bits per heavy atom. The van der Waals surface area contributed by atoms with Crippen molar-refractivity contribution < 1.29 is 9.53 Å². The molecule has 0 saturated carbocycles. The SMILES string of the molecule is COc1cccc(CNC(=O)Nc2ccccc2N2CCCCC2)c1. The van der Waals surface area contributed by atoms with Gasteiger partial charge in [-0.15, -0.1) is 0 Å². The molecule has 0 spiro atoms. The number of ether oxygens (including phenoxy) is 1. The van der Waals surface area contributed by atoms with Gasteiger partial charge in [0.05, 0.1) is 18.5 Å². The Morgan fingerprint density at radius 2 is 1.88 bits per heavy atom. The molecular formula is C20H25N3O2. The third-order valence-electron chi connectivity index (χ3n) is 4.44. The predicted octanol–water partition coefficient (Wildman–Crippen LogP) is 4.01. The summed E-state index contributed by atoms with van der Waals surface area (Å²) in [7, 11) is 1.64. The van der Waals surface area contributed by atoms with Crippen molar-refractivity contribution in [2.24, 2.45) is 0 Å². The molecule has 132 valence electrons. The minimum atomic E-state index is -0.202. The Bertz CT molecular complexity index is 712. The summed E-state index contributed by atoms with van der Waals surface area (Å²) in [5.74, 6) is 0.787. The van der Waals surface area contributed by atoms with Crippen molar-refractivity contribution in [2.45, 2.75) is 25.8 Å². The van der Waals surface area contributed by atoms with Gasteiger partial charge < -0.3 is 20.3 Å². The largest absolute Gasteiger partial charge is 0.497 e. The number of nitrogens with zero attached hydrogens (tertiary/aromatic N) is 1. The highest BCUT2D eigenvalue weighted by Gasteiger charge is 2.15. The zero-order valence-electron chi connectivity index (χ0n) is 14.6. The molecule has 0 unspecified atom stereocenters. The number of methoxy groups -OCH3 is 1. The lowest BCUT2D eigenvalue weighted by atomic mass is 10.1. The summed E-state index contributed by atoms with van der Waals surface area (Å²) in [6.07, 6.45) is 3.69. The molecule has 1 saturated heterocycles. The maximum Gasteiger partial charge on any atom is 0.319 e. The highest BCUT2D eigenvalue weighted by molar-refractivity contribution is 5.93. The van der Waals surface area contributed by atoms with Crippen molar-refractivity contribution in [3.05, 3.63) is 54.1 Å². The van der Waals surface area contributed by atoms with E-state index >= 15 is 0 Å². The van der Waals surface area contributed by atoms with E-state index in [1.165, 1.54) is 19.3 Å². The zero-order chi connectivity index (χ0) is 17.5. The van der Waals surface area contributed by atoms with E-state index in [1.807, 2.05) is 42.5 Å². The Hall–Kier alpha value is -2.69. The van der Waals surface area contributed by atoms with E-state index < -0.39 is 0 Å². The molecule has 1 fully saturated rings. The van der Waals surface area contributed by atoms with E-state index in [-0.39, 0.29) is 6.03 Å². The summed E-state index contributed by atoms with van der Waals surface area (Å²) in [6.45, 7) is 2.54. The summed E-state index contributed by atoms with van der Waals surface area (Å²) in [4.78, 5) is 14.7. The normalized spacial score (nSPS) is 14.0. The number of hydrogen-bond donors (Lipinski definition) is 2. The third-order valence-corrected chi connectivity index (χ3v) is 4.44. The minimum absolute atomic E-state index is 0.202. The molecule has 25 heavy (non-hydrogen) atoms. The monoisotopic (exact) mass is 339 g/mol. The Kier molecular flexibility index (Phi) is 5.77. The van der Waals surface area contributed by atoms with Crippen LogP contribution in [-0.4, -0.2) is 26.2 Å². The van der Waals surface area contributed by atoms with E-state index in [0.29, 0.717) is 6.54 Å². The van der Waals surface area contributed by atoms with Crippen LogP contribution in [0.3, 0.4) is 0 Å². The molecule has 5 heteroatoms. The van der Waals surface area contributed by atoms with Gasteiger partial charge in [-0.2, -0.15) is 0 Å². The third kappa shape index (κ3) is 4.66. The van der Waals surface area contributed by atoms with Crippen LogP contribution >= 0.6 is 0 Å². The maximum absolute atomic E-state index is 12.3. The summed E-state index contributed by atoms with van der Waals surface area (Å²) >= 11 is 0. The maximum atomic E-state index is 12.3. The highest BCUT2D eigenvalue weighted by Crippen LogP contribution is 2.28. The number of carbonyl (C=O) groups is 1. The molecule has 5 nitrogen and oxygen atoms in total. The molecule has 2 amide bonds. The second-order valence-corrected chi connectivity index (χ2v) is 6.22. The summed E-state index contributed by atoms with van der Waals surface area (Å²) < 4.78 is 5.21. The van der Waals surface area contributed by atoms with Gasteiger partial charge in [-0.25, -0.2) is 4.79 Å². The van der Waals surface area contributed by atoms with Crippen LogP contribution in [0.4, 0.5) is 16.2 Å². The molecule has 0 aliphatic carbocycles. The van der Waals surface area contributed by atoms with Gasteiger partial charge in [-0.3, -0.25) is 0 Å². The van der Waals surface area contributed by atoms with Gasteiger partial charge in [-0.1, -0.05) is 24.3 Å². The van der Waals surface area contributed by atoms with Crippen LogP contribution in [0.25, 0.3) is 0 Å². The standard InChI is InChI=1S/C20H25N3O2/c1-25-17-9-7-8-16(14-17)15-21-20(24)22-18-10-3-4-11-19(18)23-12-5-2-6-13-23/h3-4,7-11,14H,2,5-6,12-13,15H2,1H3,(H2,21,22,24). The van der Waals surface area contributed by atoms with Gasteiger partial charge in [-0.05, 0) is 49.1 Å². The summed E-state index contributed by atoms with van der Waals surface area (Å²) in [6, 6.07) is 15.5. The van der Waals surface area contributed by atoms with Crippen LogP contribution in [-0.2, 0) is 6.54 Å². The van der Waals surface area contributed by atoms with E-state index in [9.17, 15) is 4.79 Å². The van der Waals surface area contributed by atoms with Crippen molar-refractivity contribution >= 4 is 17.4 Å². The summed E-state index contributed by atoms with van der Waals surface area (Å²) in [5.41, 5.74) is 2.95. The van der Waals surface area contributed by atoms with E-state index in [1.54, 1.807) is 7.11 Å². The van der Waals surface area contributed by atoms with E-state index in [0.717, 1.165) is 35.8 Å². The average molecular weight is 339 g/mol. The van der Waals surface area contributed by atoms with Crippen LogP contribution in [0.5, 0.6) is 5.75 Å². The fourth-order valence-electron chi connectivity index (χ4n) is 3.12. The van der Waals surface area contributed by atoms with Crippen molar-refractivity contribution in [1.82, 2.24) is 5.32 Å². The first-order valence-electron chi connectivity index (χ1n) is 8.78. The number of piperidine rings is 1. The number of hydrogen-bond acceptors (Lipinski definition) is 3. The number of anilines is 2. The number of para-hydroxylation sites is 2. The molecule has 1 aliphatic heterocycles. The average Bonchev–Trinajstić information content (AvgIpc) is 2.68. The predicted molar refractivity (Wildman–Crippen MR) is 101 cm³/mol. The van der Waals surface area contributed by atoms with Gasteiger partial charge >= 0.3 is 6.03 Å². The van der Waals surface area contributed by atoms with E-state index in [2.05, 4.69) is 21.6 Å². The Balaban J connectivity index is 1.61. The molecule has 0 bridgehead atoms. The molecule has 0 atom stereocenters. The van der Waals surface area contributed by atoms with Gasteiger partial charge in [0.1, 0.15) is 5.75 Å². The smallest absolute Gasteiger partial charge is 0.319 e. The quantitative estimate of drug-likeness (QED) is 0.865. The minimum Gasteiger partial charge on any atom is -0.497 e. The van der Waals surface area contributed by atoms with Crippen LogP contribution in [0.2, 0.25) is 0 Å². The molecule has 2 N–H and O–H groups in total. The number of rotatable bonds is 5. The van der Waals surface area contributed by atoms with Crippen molar-refractivity contribution in [3.63, 3.8) is 0 Å².